The van der Waals surface area contributed by atoms with Crippen LogP contribution in [0, 0.1) is 0 Å². The third kappa shape index (κ3) is 3.25. The van der Waals surface area contributed by atoms with E-state index in [9.17, 15) is 26.7 Å². The van der Waals surface area contributed by atoms with E-state index in [-0.39, 0.29) is 18.4 Å². The van der Waals surface area contributed by atoms with E-state index in [4.69, 9.17) is 0 Å². The fourth-order valence-electron chi connectivity index (χ4n) is 1.55. The van der Waals surface area contributed by atoms with Crippen molar-refractivity contribution in [3.05, 3.63) is 34.9 Å². The molecule has 0 unspecified atom stereocenters. The zero-order valence-corrected chi connectivity index (χ0v) is 8.60. The van der Waals surface area contributed by atoms with E-state index in [1.165, 1.54) is 6.07 Å². The van der Waals surface area contributed by atoms with Crippen molar-refractivity contribution >= 4 is 6.29 Å². The molecule has 1 nitrogen and oxygen atoms in total. The number of hydrogen-bond acceptors (Lipinski definition) is 1. The van der Waals surface area contributed by atoms with Crippen LogP contribution in [0.2, 0.25) is 0 Å². The van der Waals surface area contributed by atoms with Crippen LogP contribution < -0.4 is 0 Å². The Kier molecular flexibility index (Phi) is 4.20. The predicted molar refractivity (Wildman–Crippen MR) is 50.8 cm³/mol. The lowest BCUT2D eigenvalue weighted by Crippen LogP contribution is -2.12. The third-order valence-electron chi connectivity index (χ3n) is 2.25. The first-order valence-electron chi connectivity index (χ1n) is 4.78. The van der Waals surface area contributed by atoms with Gasteiger partial charge < -0.3 is 4.79 Å². The van der Waals surface area contributed by atoms with Gasteiger partial charge in [0.15, 0.2) is 0 Å². The Morgan fingerprint density at radius 1 is 1.24 bits per heavy atom. The Labute approximate surface area is 94.2 Å². The van der Waals surface area contributed by atoms with E-state index in [0.717, 1.165) is 6.07 Å². The fraction of sp³-hybridized carbons (Fsp3) is 0.364. The minimum Gasteiger partial charge on any atom is -0.303 e. The quantitative estimate of drug-likeness (QED) is 0.588. The first kappa shape index (κ1) is 13.6. The standard InChI is InChI=1S/C11H9F5O/c12-10(13)9-7(4-2-6-17)3-1-5-8(9)11(14,15)16/h1,3,5-6,10H,2,4H2. The van der Waals surface area contributed by atoms with Gasteiger partial charge in [0, 0.05) is 12.0 Å². The summed E-state index contributed by atoms with van der Waals surface area (Å²) in [7, 11) is 0. The zero-order chi connectivity index (χ0) is 13.1. The molecule has 0 saturated carbocycles. The maximum absolute atomic E-state index is 12.7. The molecule has 0 amide bonds. The molecule has 0 aliphatic heterocycles. The Bertz CT molecular complexity index is 397. The predicted octanol–water partition coefficient (Wildman–Crippen LogP) is 3.77. The van der Waals surface area contributed by atoms with Crippen molar-refractivity contribution in [1.82, 2.24) is 0 Å². The molecule has 0 heterocycles. The molecule has 0 aliphatic carbocycles. The van der Waals surface area contributed by atoms with Crippen molar-refractivity contribution in [1.29, 1.82) is 0 Å². The van der Waals surface area contributed by atoms with Gasteiger partial charge in [-0.3, -0.25) is 0 Å². The molecule has 1 aromatic carbocycles. The van der Waals surface area contributed by atoms with Gasteiger partial charge in [-0.05, 0) is 18.1 Å². The average molecular weight is 252 g/mol. The van der Waals surface area contributed by atoms with Crippen molar-refractivity contribution in [3.8, 4) is 0 Å². The largest absolute Gasteiger partial charge is 0.416 e. The van der Waals surface area contributed by atoms with Crippen LogP contribution in [0.1, 0.15) is 29.5 Å². The average Bonchev–Trinajstić information content (AvgIpc) is 2.24. The number of hydrogen-bond donors (Lipinski definition) is 0. The summed E-state index contributed by atoms with van der Waals surface area (Å²) in [6.45, 7) is 0. The second kappa shape index (κ2) is 5.25. The molecule has 1 aromatic rings. The summed E-state index contributed by atoms with van der Waals surface area (Å²) in [5.41, 5.74) is -2.50. The molecule has 0 bridgehead atoms. The van der Waals surface area contributed by atoms with Crippen LogP contribution in [-0.2, 0) is 17.4 Å². The van der Waals surface area contributed by atoms with Gasteiger partial charge in [-0.15, -0.1) is 0 Å². The first-order valence-corrected chi connectivity index (χ1v) is 4.78. The summed E-state index contributed by atoms with van der Waals surface area (Å²) in [4.78, 5) is 10.1. The summed E-state index contributed by atoms with van der Waals surface area (Å²) in [6.07, 6.45) is -7.75. The lowest BCUT2D eigenvalue weighted by atomic mass is 9.97. The van der Waals surface area contributed by atoms with E-state index < -0.39 is 23.7 Å². The van der Waals surface area contributed by atoms with Gasteiger partial charge in [0.05, 0.1) is 5.56 Å². The van der Waals surface area contributed by atoms with Crippen LogP contribution in [0.25, 0.3) is 0 Å². The first-order chi connectivity index (χ1) is 7.88. The van der Waals surface area contributed by atoms with Crippen molar-refractivity contribution < 1.29 is 26.7 Å². The molecule has 0 radical (unpaired) electrons. The smallest absolute Gasteiger partial charge is 0.303 e. The highest BCUT2D eigenvalue weighted by atomic mass is 19.4. The summed E-state index contributed by atoms with van der Waals surface area (Å²) in [5, 5.41) is 0. The number of halogens is 5. The lowest BCUT2D eigenvalue weighted by Gasteiger charge is -2.15. The summed E-state index contributed by atoms with van der Waals surface area (Å²) >= 11 is 0. The summed E-state index contributed by atoms with van der Waals surface area (Å²) in [5.74, 6) is 0. The Morgan fingerprint density at radius 2 is 1.88 bits per heavy atom. The number of benzene rings is 1. The fourth-order valence-corrected chi connectivity index (χ4v) is 1.55. The van der Waals surface area contributed by atoms with Gasteiger partial charge in [-0.25, -0.2) is 8.78 Å². The van der Waals surface area contributed by atoms with E-state index in [1.807, 2.05) is 0 Å². The second-order valence-electron chi connectivity index (χ2n) is 3.38. The Balaban J connectivity index is 3.27. The van der Waals surface area contributed by atoms with Crippen molar-refractivity contribution in [2.45, 2.75) is 25.4 Å². The monoisotopic (exact) mass is 252 g/mol. The van der Waals surface area contributed by atoms with E-state index in [1.54, 1.807) is 0 Å². The van der Waals surface area contributed by atoms with Crippen molar-refractivity contribution in [3.63, 3.8) is 0 Å². The normalized spacial score (nSPS) is 11.9. The van der Waals surface area contributed by atoms with Crippen molar-refractivity contribution in [2.24, 2.45) is 0 Å². The highest BCUT2D eigenvalue weighted by Gasteiger charge is 2.36. The van der Waals surface area contributed by atoms with Crippen LogP contribution in [-0.4, -0.2) is 6.29 Å². The number of carbonyl (C=O) groups is 1. The topological polar surface area (TPSA) is 17.1 Å². The minimum atomic E-state index is -4.82. The molecule has 0 fully saturated rings. The van der Waals surface area contributed by atoms with Crippen molar-refractivity contribution in [2.75, 3.05) is 0 Å². The number of rotatable bonds is 4. The van der Waals surface area contributed by atoms with E-state index in [0.29, 0.717) is 12.4 Å². The molecule has 94 valence electrons. The molecule has 0 N–H and O–H groups in total. The zero-order valence-electron chi connectivity index (χ0n) is 8.60. The Morgan fingerprint density at radius 3 is 2.35 bits per heavy atom. The van der Waals surface area contributed by atoms with E-state index >= 15 is 0 Å². The van der Waals surface area contributed by atoms with Gasteiger partial charge in [0.25, 0.3) is 6.43 Å². The van der Waals surface area contributed by atoms with Crippen LogP contribution in [0.3, 0.4) is 0 Å². The SMILES string of the molecule is O=CCCc1cccc(C(F)(F)F)c1C(F)F. The van der Waals surface area contributed by atoms with Gasteiger partial charge >= 0.3 is 6.18 Å². The maximum atomic E-state index is 12.7. The number of carbonyl (C=O) groups excluding carboxylic acids is 1. The number of aldehydes is 1. The van der Waals surface area contributed by atoms with Crippen LogP contribution in [0.5, 0.6) is 0 Å². The third-order valence-corrected chi connectivity index (χ3v) is 2.25. The lowest BCUT2D eigenvalue weighted by molar-refractivity contribution is -0.139. The highest BCUT2D eigenvalue weighted by Crippen LogP contribution is 2.38. The van der Waals surface area contributed by atoms with E-state index in [2.05, 4.69) is 0 Å². The molecule has 6 heteroatoms. The van der Waals surface area contributed by atoms with Crippen LogP contribution in [0.4, 0.5) is 22.0 Å². The molecular weight excluding hydrogens is 243 g/mol. The molecular formula is C11H9F5O. The van der Waals surface area contributed by atoms with Gasteiger partial charge in [0.2, 0.25) is 0 Å². The van der Waals surface area contributed by atoms with Gasteiger partial charge in [-0.1, -0.05) is 12.1 Å². The molecule has 0 saturated heterocycles. The molecule has 0 aliphatic rings. The minimum absolute atomic E-state index is 0.0823. The second-order valence-corrected chi connectivity index (χ2v) is 3.38. The molecule has 0 aromatic heterocycles. The highest BCUT2D eigenvalue weighted by molar-refractivity contribution is 5.51. The number of alkyl halides is 5. The molecule has 0 spiro atoms. The van der Waals surface area contributed by atoms with Crippen LogP contribution >= 0.6 is 0 Å². The maximum Gasteiger partial charge on any atom is 0.416 e. The summed E-state index contributed by atoms with van der Waals surface area (Å²) < 4.78 is 62.8. The summed E-state index contributed by atoms with van der Waals surface area (Å²) in [6, 6.07) is 2.86. The van der Waals surface area contributed by atoms with Gasteiger partial charge in [0.1, 0.15) is 6.29 Å². The van der Waals surface area contributed by atoms with Crippen LogP contribution in [0.15, 0.2) is 18.2 Å². The molecule has 1 rings (SSSR count). The Hall–Kier alpha value is -1.46. The van der Waals surface area contributed by atoms with Gasteiger partial charge in [-0.2, -0.15) is 13.2 Å². The number of aryl methyl sites for hydroxylation is 1. The molecule has 0 atom stereocenters. The molecule has 17 heavy (non-hydrogen) atoms.